The van der Waals surface area contributed by atoms with Crippen LogP contribution in [0.2, 0.25) is 5.02 Å². The highest BCUT2D eigenvalue weighted by molar-refractivity contribution is 6.30. The van der Waals surface area contributed by atoms with E-state index >= 15 is 0 Å². The van der Waals surface area contributed by atoms with Gasteiger partial charge in [0.1, 0.15) is 6.61 Å². The van der Waals surface area contributed by atoms with Crippen LogP contribution in [-0.4, -0.2) is 35.6 Å². The fourth-order valence-corrected chi connectivity index (χ4v) is 2.86. The van der Waals surface area contributed by atoms with Crippen molar-refractivity contribution in [3.63, 3.8) is 0 Å². The van der Waals surface area contributed by atoms with Gasteiger partial charge in [0.05, 0.1) is 12.5 Å². The van der Waals surface area contributed by atoms with Crippen molar-refractivity contribution in [2.45, 2.75) is 59.4 Å². The largest absolute Gasteiger partial charge is 0.481 e. The van der Waals surface area contributed by atoms with E-state index in [4.69, 9.17) is 16.3 Å². The number of carboxylic acid groups (broad SMARTS) is 1. The van der Waals surface area contributed by atoms with Crippen LogP contribution in [-0.2, 0) is 25.5 Å². The lowest BCUT2D eigenvalue weighted by atomic mass is 9.86. The lowest BCUT2D eigenvalue weighted by molar-refractivity contribution is -0.144. The predicted molar refractivity (Wildman–Crippen MR) is 108 cm³/mol. The van der Waals surface area contributed by atoms with Gasteiger partial charge >= 0.3 is 11.9 Å². The normalized spacial score (nSPS) is 13.5. The molecule has 1 rings (SSSR count). The summed E-state index contributed by atoms with van der Waals surface area (Å²) in [6, 6.07) is 7.05. The summed E-state index contributed by atoms with van der Waals surface area (Å²) in [6.45, 7) is 7.14. The molecule has 0 spiro atoms. The van der Waals surface area contributed by atoms with Crippen molar-refractivity contribution in [1.82, 2.24) is 5.32 Å². The van der Waals surface area contributed by atoms with Gasteiger partial charge in [-0.1, -0.05) is 44.5 Å². The molecule has 0 radical (unpaired) electrons. The number of rotatable bonds is 10. The molecule has 0 heterocycles. The molecular formula is C21H30ClNO5. The Hall–Kier alpha value is -2.08. The first kappa shape index (κ1) is 24.0. The van der Waals surface area contributed by atoms with E-state index in [1.165, 1.54) is 6.92 Å². The Morgan fingerprint density at radius 1 is 1.18 bits per heavy atom. The molecule has 0 saturated carbocycles. The van der Waals surface area contributed by atoms with Crippen molar-refractivity contribution < 1.29 is 24.2 Å². The highest BCUT2D eigenvalue weighted by Gasteiger charge is 2.30. The average Bonchev–Trinajstić information content (AvgIpc) is 2.57. The Bertz CT molecular complexity index is 666. The molecule has 7 heteroatoms. The number of halogens is 1. The van der Waals surface area contributed by atoms with E-state index in [1.54, 1.807) is 12.1 Å². The molecule has 2 N–H and O–H groups in total. The van der Waals surface area contributed by atoms with Gasteiger partial charge in [0.15, 0.2) is 0 Å². The SMILES string of the molecule is CC(=O)OC[C@@H](NC(=O)[C@H](CCCc1ccc(Cl)cc1)CC(=O)O)C(C)(C)C. The van der Waals surface area contributed by atoms with Gasteiger partial charge < -0.3 is 15.2 Å². The van der Waals surface area contributed by atoms with E-state index < -0.39 is 23.9 Å². The second kappa shape index (κ2) is 11.1. The van der Waals surface area contributed by atoms with E-state index in [-0.39, 0.29) is 24.3 Å². The Kier molecular flexibility index (Phi) is 9.46. The summed E-state index contributed by atoms with van der Waals surface area (Å²) in [5, 5.41) is 12.7. The molecule has 1 aromatic carbocycles. The molecule has 0 bridgehead atoms. The maximum absolute atomic E-state index is 12.7. The highest BCUT2D eigenvalue weighted by Crippen LogP contribution is 2.22. The van der Waals surface area contributed by atoms with Crippen LogP contribution in [0.3, 0.4) is 0 Å². The van der Waals surface area contributed by atoms with Crippen molar-refractivity contribution in [2.75, 3.05) is 6.61 Å². The molecule has 0 unspecified atom stereocenters. The number of aliphatic carboxylic acids is 1. The number of carboxylic acids is 1. The molecular weight excluding hydrogens is 382 g/mol. The highest BCUT2D eigenvalue weighted by atomic mass is 35.5. The minimum Gasteiger partial charge on any atom is -0.481 e. The number of carbonyl (C=O) groups excluding carboxylic acids is 2. The van der Waals surface area contributed by atoms with Gasteiger partial charge in [-0.2, -0.15) is 0 Å². The third-order valence-corrected chi connectivity index (χ3v) is 4.79. The van der Waals surface area contributed by atoms with E-state index in [0.717, 1.165) is 12.0 Å². The van der Waals surface area contributed by atoms with Crippen molar-refractivity contribution in [1.29, 1.82) is 0 Å². The van der Waals surface area contributed by atoms with Crippen molar-refractivity contribution in [3.05, 3.63) is 34.9 Å². The summed E-state index contributed by atoms with van der Waals surface area (Å²) in [4.78, 5) is 35.1. The fourth-order valence-electron chi connectivity index (χ4n) is 2.74. The average molecular weight is 412 g/mol. The van der Waals surface area contributed by atoms with E-state index in [1.807, 2.05) is 32.9 Å². The summed E-state index contributed by atoms with van der Waals surface area (Å²) < 4.78 is 5.06. The molecule has 1 aromatic rings. The molecule has 156 valence electrons. The number of amides is 1. The zero-order chi connectivity index (χ0) is 21.3. The number of ether oxygens (including phenoxy) is 1. The molecule has 2 atom stereocenters. The van der Waals surface area contributed by atoms with E-state index in [9.17, 15) is 19.5 Å². The number of esters is 1. The summed E-state index contributed by atoms with van der Waals surface area (Å²) in [5.41, 5.74) is 0.739. The lowest BCUT2D eigenvalue weighted by Gasteiger charge is -2.32. The smallest absolute Gasteiger partial charge is 0.304 e. The van der Waals surface area contributed by atoms with Crippen molar-refractivity contribution in [2.24, 2.45) is 11.3 Å². The van der Waals surface area contributed by atoms with Crippen LogP contribution in [0.5, 0.6) is 0 Å². The van der Waals surface area contributed by atoms with E-state index in [0.29, 0.717) is 17.9 Å². The van der Waals surface area contributed by atoms with Crippen LogP contribution in [0.15, 0.2) is 24.3 Å². The standard InChI is InChI=1S/C21H30ClNO5/c1-14(24)28-13-18(21(2,3)4)23-20(27)16(12-19(25)26)7-5-6-15-8-10-17(22)11-9-15/h8-11,16,18H,5-7,12-13H2,1-4H3,(H,23,27)(H,25,26)/t16-,18-/m1/s1. The first-order valence-corrected chi connectivity index (χ1v) is 9.76. The molecule has 1 amide bonds. The van der Waals surface area contributed by atoms with Gasteiger partial charge in [-0.25, -0.2) is 0 Å². The van der Waals surface area contributed by atoms with E-state index in [2.05, 4.69) is 5.32 Å². The Labute approximate surface area is 171 Å². The predicted octanol–water partition coefficient (Wildman–Crippen LogP) is 3.85. The fraction of sp³-hybridized carbons (Fsp3) is 0.571. The number of carbonyl (C=O) groups is 3. The minimum atomic E-state index is -1.01. The van der Waals surface area contributed by atoms with Gasteiger partial charge in [0.2, 0.25) is 5.91 Å². The molecule has 0 aliphatic rings. The van der Waals surface area contributed by atoms with Crippen LogP contribution in [0.4, 0.5) is 0 Å². The van der Waals surface area contributed by atoms with Gasteiger partial charge in [0, 0.05) is 17.9 Å². The molecule has 0 saturated heterocycles. The second-order valence-corrected chi connectivity index (χ2v) is 8.48. The molecule has 0 aliphatic heterocycles. The number of nitrogens with one attached hydrogen (secondary N) is 1. The van der Waals surface area contributed by atoms with Crippen LogP contribution < -0.4 is 5.32 Å². The number of benzene rings is 1. The summed E-state index contributed by atoms with van der Waals surface area (Å²) >= 11 is 5.88. The maximum atomic E-state index is 12.7. The maximum Gasteiger partial charge on any atom is 0.304 e. The van der Waals surface area contributed by atoms with Gasteiger partial charge in [-0.15, -0.1) is 0 Å². The van der Waals surface area contributed by atoms with Crippen LogP contribution in [0.25, 0.3) is 0 Å². The summed E-state index contributed by atoms with van der Waals surface area (Å²) in [5.74, 6) is -2.41. The molecule has 6 nitrogen and oxygen atoms in total. The Morgan fingerprint density at radius 3 is 2.29 bits per heavy atom. The number of hydrogen-bond donors (Lipinski definition) is 2. The number of hydrogen-bond acceptors (Lipinski definition) is 4. The Morgan fingerprint density at radius 2 is 1.79 bits per heavy atom. The zero-order valence-corrected chi connectivity index (χ0v) is 17.7. The molecule has 28 heavy (non-hydrogen) atoms. The summed E-state index contributed by atoms with van der Waals surface area (Å²) in [7, 11) is 0. The number of aryl methyl sites for hydroxylation is 1. The van der Waals surface area contributed by atoms with Crippen LogP contribution in [0, 0.1) is 11.3 Å². The molecule has 0 aliphatic carbocycles. The minimum absolute atomic E-state index is 0.0507. The third-order valence-electron chi connectivity index (χ3n) is 4.54. The molecule has 0 aromatic heterocycles. The lowest BCUT2D eigenvalue weighted by Crippen LogP contribution is -2.49. The van der Waals surface area contributed by atoms with Crippen LogP contribution in [0.1, 0.15) is 52.5 Å². The van der Waals surface area contributed by atoms with Crippen molar-refractivity contribution in [3.8, 4) is 0 Å². The van der Waals surface area contributed by atoms with Gasteiger partial charge in [-0.05, 0) is 42.4 Å². The Balaban J connectivity index is 2.71. The quantitative estimate of drug-likeness (QED) is 0.570. The topological polar surface area (TPSA) is 92.7 Å². The van der Waals surface area contributed by atoms with Gasteiger partial charge in [-0.3, -0.25) is 14.4 Å². The third kappa shape index (κ3) is 9.22. The van der Waals surface area contributed by atoms with Crippen LogP contribution >= 0.6 is 11.6 Å². The summed E-state index contributed by atoms with van der Waals surface area (Å²) in [6.07, 6.45) is 1.62. The second-order valence-electron chi connectivity index (χ2n) is 8.04. The van der Waals surface area contributed by atoms with Crippen molar-refractivity contribution >= 4 is 29.4 Å². The zero-order valence-electron chi connectivity index (χ0n) is 17.0. The monoisotopic (exact) mass is 411 g/mol. The molecule has 0 fully saturated rings. The first-order chi connectivity index (χ1) is 13.0. The first-order valence-electron chi connectivity index (χ1n) is 9.39. The van der Waals surface area contributed by atoms with Gasteiger partial charge in [0.25, 0.3) is 0 Å².